The summed E-state index contributed by atoms with van der Waals surface area (Å²) in [5.41, 5.74) is 5.90. The second-order valence-electron chi connectivity index (χ2n) is 3.58. The van der Waals surface area contributed by atoms with Crippen LogP contribution in [0.25, 0.3) is 0 Å². The molecule has 0 radical (unpaired) electrons. The van der Waals surface area contributed by atoms with E-state index < -0.39 is 0 Å². The fraction of sp³-hybridized carbons (Fsp3) is 1.00. The van der Waals surface area contributed by atoms with Crippen LogP contribution in [0.5, 0.6) is 0 Å². The first-order valence-corrected chi connectivity index (χ1v) is 3.97. The molecule has 0 bridgehead atoms. The highest BCUT2D eigenvalue weighted by molar-refractivity contribution is 4.68. The van der Waals surface area contributed by atoms with Crippen molar-refractivity contribution < 1.29 is 0 Å². The van der Waals surface area contributed by atoms with Crippen LogP contribution in [0.1, 0.15) is 26.7 Å². The molecule has 10 heavy (non-hydrogen) atoms. The molecule has 0 heterocycles. The van der Waals surface area contributed by atoms with Gasteiger partial charge < -0.3 is 11.1 Å². The summed E-state index contributed by atoms with van der Waals surface area (Å²) in [5.74, 6) is 0. The third kappa shape index (κ3) is 4.77. The molecule has 0 fully saturated rings. The third-order valence-corrected chi connectivity index (χ3v) is 1.83. The van der Waals surface area contributed by atoms with E-state index in [0.717, 1.165) is 13.1 Å². The summed E-state index contributed by atoms with van der Waals surface area (Å²) in [6.45, 7) is 6.31. The maximum absolute atomic E-state index is 5.57. The van der Waals surface area contributed by atoms with Crippen LogP contribution >= 0.6 is 0 Å². The van der Waals surface area contributed by atoms with E-state index in [1.54, 1.807) is 0 Å². The van der Waals surface area contributed by atoms with Gasteiger partial charge in [-0.05, 0) is 38.4 Å². The molecule has 0 aromatic rings. The molecule has 0 saturated heterocycles. The summed E-state index contributed by atoms with van der Waals surface area (Å²) in [4.78, 5) is 0. The van der Waals surface area contributed by atoms with Crippen LogP contribution in [0.4, 0.5) is 0 Å². The van der Waals surface area contributed by atoms with E-state index in [1.165, 1.54) is 12.8 Å². The zero-order valence-electron chi connectivity index (χ0n) is 7.41. The molecule has 2 heteroatoms. The molecule has 0 spiro atoms. The quantitative estimate of drug-likeness (QED) is 0.564. The first-order chi connectivity index (χ1) is 4.62. The Balaban J connectivity index is 3.28. The number of rotatable bonds is 5. The van der Waals surface area contributed by atoms with Crippen LogP contribution in [0.3, 0.4) is 0 Å². The standard InChI is InChI=1S/C8H20N2/c1-8(2,7-9)5-4-6-10-3/h10H,4-7,9H2,1-3H3. The van der Waals surface area contributed by atoms with Crippen molar-refractivity contribution in [3.63, 3.8) is 0 Å². The number of hydrogen-bond acceptors (Lipinski definition) is 2. The van der Waals surface area contributed by atoms with E-state index in [1.807, 2.05) is 7.05 Å². The normalized spacial score (nSPS) is 12.0. The Hall–Kier alpha value is -0.0800. The lowest BCUT2D eigenvalue weighted by Crippen LogP contribution is -2.24. The Kier molecular flexibility index (Phi) is 4.65. The zero-order valence-corrected chi connectivity index (χ0v) is 7.41. The SMILES string of the molecule is CNCCCC(C)(C)CN. The summed E-state index contributed by atoms with van der Waals surface area (Å²) < 4.78 is 0. The monoisotopic (exact) mass is 144 g/mol. The van der Waals surface area contributed by atoms with Gasteiger partial charge in [0.15, 0.2) is 0 Å². The molecule has 0 atom stereocenters. The van der Waals surface area contributed by atoms with E-state index in [4.69, 9.17) is 5.73 Å². The molecule has 0 rings (SSSR count). The van der Waals surface area contributed by atoms with Crippen LogP contribution in [0.2, 0.25) is 0 Å². The smallest absolute Gasteiger partial charge is 0.00258 e. The average Bonchev–Trinajstić information content (AvgIpc) is 1.89. The van der Waals surface area contributed by atoms with Gasteiger partial charge in [-0.3, -0.25) is 0 Å². The predicted octanol–water partition coefficient (Wildman–Crippen LogP) is 0.971. The van der Waals surface area contributed by atoms with Gasteiger partial charge in [0.1, 0.15) is 0 Å². The van der Waals surface area contributed by atoms with Crippen molar-refractivity contribution in [2.75, 3.05) is 20.1 Å². The first kappa shape index (κ1) is 9.92. The number of nitrogens with two attached hydrogens (primary N) is 1. The Morgan fingerprint density at radius 2 is 2.00 bits per heavy atom. The molecule has 0 aliphatic heterocycles. The molecule has 0 aromatic carbocycles. The average molecular weight is 144 g/mol. The summed E-state index contributed by atoms with van der Waals surface area (Å²) in [7, 11) is 1.98. The van der Waals surface area contributed by atoms with E-state index >= 15 is 0 Å². The van der Waals surface area contributed by atoms with E-state index in [2.05, 4.69) is 19.2 Å². The minimum Gasteiger partial charge on any atom is -0.330 e. The lowest BCUT2D eigenvalue weighted by molar-refractivity contribution is 0.336. The Labute approximate surface area is 64.2 Å². The molecule has 62 valence electrons. The molecular formula is C8H20N2. The lowest BCUT2D eigenvalue weighted by atomic mass is 9.88. The minimum absolute atomic E-state index is 0.330. The van der Waals surface area contributed by atoms with Crippen molar-refractivity contribution >= 4 is 0 Å². The number of hydrogen-bond donors (Lipinski definition) is 2. The number of nitrogens with one attached hydrogen (secondary N) is 1. The van der Waals surface area contributed by atoms with Crippen LogP contribution in [0, 0.1) is 5.41 Å². The predicted molar refractivity (Wildman–Crippen MR) is 46.0 cm³/mol. The maximum Gasteiger partial charge on any atom is -0.00258 e. The Morgan fingerprint density at radius 1 is 1.40 bits per heavy atom. The topological polar surface area (TPSA) is 38.0 Å². The summed E-state index contributed by atoms with van der Waals surface area (Å²) in [6, 6.07) is 0. The summed E-state index contributed by atoms with van der Waals surface area (Å²) >= 11 is 0. The van der Waals surface area contributed by atoms with Gasteiger partial charge in [0.2, 0.25) is 0 Å². The molecule has 2 nitrogen and oxygen atoms in total. The summed E-state index contributed by atoms with van der Waals surface area (Å²) in [6.07, 6.45) is 2.44. The van der Waals surface area contributed by atoms with Crippen molar-refractivity contribution in [1.29, 1.82) is 0 Å². The highest BCUT2D eigenvalue weighted by atomic mass is 14.8. The van der Waals surface area contributed by atoms with Gasteiger partial charge in [-0.1, -0.05) is 13.8 Å². The molecule has 0 aliphatic rings. The molecule has 3 N–H and O–H groups in total. The first-order valence-electron chi connectivity index (χ1n) is 3.97. The lowest BCUT2D eigenvalue weighted by Gasteiger charge is -2.21. The molecular weight excluding hydrogens is 124 g/mol. The molecule has 0 aliphatic carbocycles. The van der Waals surface area contributed by atoms with Crippen molar-refractivity contribution in [2.45, 2.75) is 26.7 Å². The second-order valence-corrected chi connectivity index (χ2v) is 3.58. The second kappa shape index (κ2) is 4.69. The highest BCUT2D eigenvalue weighted by Gasteiger charge is 2.13. The highest BCUT2D eigenvalue weighted by Crippen LogP contribution is 2.19. The largest absolute Gasteiger partial charge is 0.330 e. The third-order valence-electron chi connectivity index (χ3n) is 1.83. The van der Waals surface area contributed by atoms with Gasteiger partial charge in [0.05, 0.1) is 0 Å². The maximum atomic E-state index is 5.57. The Morgan fingerprint density at radius 3 is 2.40 bits per heavy atom. The van der Waals surface area contributed by atoms with Gasteiger partial charge in [-0.15, -0.1) is 0 Å². The van der Waals surface area contributed by atoms with Crippen LogP contribution in [0.15, 0.2) is 0 Å². The van der Waals surface area contributed by atoms with Gasteiger partial charge in [-0.25, -0.2) is 0 Å². The van der Waals surface area contributed by atoms with Crippen molar-refractivity contribution in [3.05, 3.63) is 0 Å². The molecule has 0 unspecified atom stereocenters. The molecule has 0 amide bonds. The van der Waals surface area contributed by atoms with Gasteiger partial charge in [-0.2, -0.15) is 0 Å². The van der Waals surface area contributed by atoms with Crippen molar-refractivity contribution in [1.82, 2.24) is 5.32 Å². The van der Waals surface area contributed by atoms with Gasteiger partial charge in [0.25, 0.3) is 0 Å². The van der Waals surface area contributed by atoms with Gasteiger partial charge >= 0.3 is 0 Å². The van der Waals surface area contributed by atoms with E-state index in [0.29, 0.717) is 5.41 Å². The Bertz CT molecular complexity index is 79.3. The molecule has 0 aromatic heterocycles. The van der Waals surface area contributed by atoms with E-state index in [9.17, 15) is 0 Å². The minimum atomic E-state index is 0.330. The fourth-order valence-electron chi connectivity index (χ4n) is 0.846. The van der Waals surface area contributed by atoms with Gasteiger partial charge in [0, 0.05) is 0 Å². The summed E-state index contributed by atoms with van der Waals surface area (Å²) in [5, 5.41) is 3.12. The zero-order chi connectivity index (χ0) is 8.04. The van der Waals surface area contributed by atoms with Crippen LogP contribution < -0.4 is 11.1 Å². The molecule has 0 saturated carbocycles. The van der Waals surface area contributed by atoms with Crippen LogP contribution in [-0.2, 0) is 0 Å². The fourth-order valence-corrected chi connectivity index (χ4v) is 0.846. The van der Waals surface area contributed by atoms with Crippen molar-refractivity contribution in [2.24, 2.45) is 11.1 Å². The van der Waals surface area contributed by atoms with Crippen molar-refractivity contribution in [3.8, 4) is 0 Å². The van der Waals surface area contributed by atoms with Crippen LogP contribution in [-0.4, -0.2) is 20.1 Å². The van der Waals surface area contributed by atoms with E-state index in [-0.39, 0.29) is 0 Å².